The van der Waals surface area contributed by atoms with E-state index >= 15 is 0 Å². The van der Waals surface area contributed by atoms with Gasteiger partial charge in [-0.05, 0) is 48.4 Å². The van der Waals surface area contributed by atoms with Crippen molar-refractivity contribution >= 4 is 0 Å². The third kappa shape index (κ3) is 3.27. The number of hydrogen-bond donors (Lipinski definition) is 4. The van der Waals surface area contributed by atoms with E-state index < -0.39 is 5.41 Å². The van der Waals surface area contributed by atoms with Crippen LogP contribution in [-0.2, 0) is 12.0 Å². The van der Waals surface area contributed by atoms with E-state index in [2.05, 4.69) is 28.1 Å². The van der Waals surface area contributed by atoms with Crippen molar-refractivity contribution < 1.29 is 14.9 Å². The summed E-state index contributed by atoms with van der Waals surface area (Å²) in [5.74, 6) is 7.17. The number of fused-ring (bicyclic) bond motifs is 1. The summed E-state index contributed by atoms with van der Waals surface area (Å²) in [5, 5.41) is 36.5. The first-order valence-corrected chi connectivity index (χ1v) is 10.4. The molecule has 0 radical (unpaired) electrons. The fourth-order valence-corrected chi connectivity index (χ4v) is 4.65. The lowest BCUT2D eigenvalue weighted by Gasteiger charge is -2.41. The van der Waals surface area contributed by atoms with Crippen LogP contribution < -0.4 is 10.5 Å². The van der Waals surface area contributed by atoms with E-state index in [1.165, 1.54) is 0 Å². The molecule has 5 N–H and O–H groups in total. The van der Waals surface area contributed by atoms with Gasteiger partial charge in [0.05, 0.1) is 17.6 Å². The number of hydrogen-bond acceptors (Lipinski definition) is 6. The van der Waals surface area contributed by atoms with Gasteiger partial charge in [0.1, 0.15) is 11.6 Å². The molecule has 31 heavy (non-hydrogen) atoms. The Bertz CT molecular complexity index is 1160. The van der Waals surface area contributed by atoms with E-state index in [0.29, 0.717) is 17.0 Å². The molecule has 160 valence electrons. The summed E-state index contributed by atoms with van der Waals surface area (Å²) in [5.41, 5.74) is 9.40. The van der Waals surface area contributed by atoms with Gasteiger partial charge in [0.25, 0.3) is 0 Å². The maximum atomic E-state index is 10.1. The Labute approximate surface area is 181 Å². The van der Waals surface area contributed by atoms with Crippen LogP contribution in [0.15, 0.2) is 29.7 Å². The molecule has 0 amide bonds. The van der Waals surface area contributed by atoms with Crippen LogP contribution in [0.25, 0.3) is 0 Å². The number of ether oxygens (including phenoxy) is 1. The molecule has 1 saturated carbocycles. The Balaban J connectivity index is 1.96. The lowest BCUT2D eigenvalue weighted by atomic mass is 9.61. The number of aryl methyl sites for hydroxylation is 1. The fourth-order valence-electron chi connectivity index (χ4n) is 4.65. The van der Waals surface area contributed by atoms with Gasteiger partial charge in [0, 0.05) is 23.8 Å². The first-order chi connectivity index (χ1) is 14.9. The maximum Gasteiger partial charge on any atom is 0.244 e. The molecule has 0 bridgehead atoms. The average molecular weight is 418 g/mol. The van der Waals surface area contributed by atoms with Crippen LogP contribution in [0.4, 0.5) is 0 Å². The van der Waals surface area contributed by atoms with Crippen molar-refractivity contribution in [1.29, 1.82) is 5.26 Å². The molecule has 1 aliphatic carbocycles. The summed E-state index contributed by atoms with van der Waals surface area (Å²) in [7, 11) is 0. The van der Waals surface area contributed by atoms with Crippen LogP contribution >= 0.6 is 0 Å². The molecule has 7 nitrogen and oxygen atoms in total. The van der Waals surface area contributed by atoms with E-state index in [1.54, 1.807) is 0 Å². The molecule has 1 aliphatic heterocycles. The molecule has 1 aromatic carbocycles. The smallest absolute Gasteiger partial charge is 0.244 e. The minimum atomic E-state index is -0.904. The lowest BCUT2D eigenvalue weighted by Crippen LogP contribution is -2.41. The second kappa shape index (κ2) is 7.77. The molecule has 3 atom stereocenters. The first kappa shape index (κ1) is 21.0. The molecule has 2 heterocycles. The van der Waals surface area contributed by atoms with E-state index in [0.717, 1.165) is 28.8 Å². The number of nitriles is 1. The van der Waals surface area contributed by atoms with Crippen molar-refractivity contribution in [1.82, 2.24) is 10.2 Å². The number of aliphatic hydroxyl groups excluding tert-OH is 2. The van der Waals surface area contributed by atoms with Crippen LogP contribution in [0.2, 0.25) is 0 Å². The zero-order valence-corrected chi connectivity index (χ0v) is 17.9. The number of allylic oxidation sites excluding steroid dienone is 1. The SMILES string of the molecule is Cc1[nH]nc2c1C(c1cc(C#C[C@@H]3C[C@H]3CO)cc(CO)c1)(C(C)C)C(C#N)=C(N)O2. The molecule has 0 spiro atoms. The number of aromatic amines is 1. The van der Waals surface area contributed by atoms with Crippen LogP contribution in [0.3, 0.4) is 0 Å². The molecule has 2 aliphatic rings. The predicted octanol–water partition coefficient (Wildman–Crippen LogP) is 2.22. The van der Waals surface area contributed by atoms with Crippen molar-refractivity contribution in [2.75, 3.05) is 6.61 Å². The van der Waals surface area contributed by atoms with E-state index in [-0.39, 0.29) is 36.9 Å². The van der Waals surface area contributed by atoms with Crippen molar-refractivity contribution in [3.8, 4) is 23.8 Å². The van der Waals surface area contributed by atoms with Crippen LogP contribution in [0, 0.1) is 47.8 Å². The van der Waals surface area contributed by atoms with Crippen LogP contribution in [0.5, 0.6) is 5.88 Å². The van der Waals surface area contributed by atoms with Crippen LogP contribution in [-0.4, -0.2) is 27.0 Å². The van der Waals surface area contributed by atoms with Gasteiger partial charge < -0.3 is 20.7 Å². The number of benzene rings is 1. The standard InChI is InChI=1S/C24H26N4O3/c1-13(2)24(20(10-25)22(26)31-23-21(24)14(3)27-28-23)19-7-15(6-16(8-19)11-29)4-5-17-9-18(17)12-30/h6-8,13,17-18,29-30H,9,11-12,26H2,1-3H3,(H,27,28)/t17-,18+,24?/m1/s1. The minimum absolute atomic E-state index is 0.0287. The Hall–Kier alpha value is -3.26. The van der Waals surface area contributed by atoms with Crippen molar-refractivity contribution in [3.05, 3.63) is 57.6 Å². The highest BCUT2D eigenvalue weighted by Crippen LogP contribution is 2.52. The highest BCUT2D eigenvalue weighted by Gasteiger charge is 2.50. The molecule has 7 heteroatoms. The number of aliphatic hydroxyl groups is 2. The summed E-state index contributed by atoms with van der Waals surface area (Å²) >= 11 is 0. The number of H-pyrrole nitrogens is 1. The minimum Gasteiger partial charge on any atom is -0.420 e. The zero-order valence-electron chi connectivity index (χ0n) is 17.9. The van der Waals surface area contributed by atoms with Gasteiger partial charge in [-0.15, -0.1) is 5.10 Å². The molecule has 2 aromatic rings. The first-order valence-electron chi connectivity index (χ1n) is 10.4. The molecule has 0 saturated heterocycles. The fraction of sp³-hybridized carbons (Fsp3) is 0.417. The van der Waals surface area contributed by atoms with Crippen molar-refractivity contribution in [2.24, 2.45) is 23.5 Å². The summed E-state index contributed by atoms with van der Waals surface area (Å²) in [6, 6.07) is 7.97. The van der Waals surface area contributed by atoms with Gasteiger partial charge in [-0.2, -0.15) is 5.26 Å². The number of nitrogens with one attached hydrogen (secondary N) is 1. The van der Waals surface area contributed by atoms with Gasteiger partial charge >= 0.3 is 0 Å². The largest absolute Gasteiger partial charge is 0.420 e. The monoisotopic (exact) mass is 418 g/mol. The summed E-state index contributed by atoms with van der Waals surface area (Å²) in [6.45, 7) is 5.93. The average Bonchev–Trinajstić information content (AvgIpc) is 3.44. The highest BCUT2D eigenvalue weighted by atomic mass is 16.5. The highest BCUT2D eigenvalue weighted by molar-refractivity contribution is 5.63. The third-order valence-electron chi connectivity index (χ3n) is 6.32. The van der Waals surface area contributed by atoms with Gasteiger partial charge in [-0.1, -0.05) is 31.8 Å². The van der Waals surface area contributed by atoms with Gasteiger partial charge in [0.15, 0.2) is 0 Å². The van der Waals surface area contributed by atoms with E-state index in [9.17, 15) is 15.5 Å². The number of rotatable bonds is 4. The second-order valence-electron chi connectivity index (χ2n) is 8.58. The normalized spacial score (nSPS) is 24.2. The molecule has 1 unspecified atom stereocenters. The summed E-state index contributed by atoms with van der Waals surface area (Å²) < 4.78 is 5.67. The lowest BCUT2D eigenvalue weighted by molar-refractivity contribution is 0.273. The topological polar surface area (TPSA) is 128 Å². The van der Waals surface area contributed by atoms with Crippen molar-refractivity contribution in [2.45, 2.75) is 39.2 Å². The second-order valence-corrected chi connectivity index (χ2v) is 8.58. The third-order valence-corrected chi connectivity index (χ3v) is 6.32. The van der Waals surface area contributed by atoms with Crippen molar-refractivity contribution in [3.63, 3.8) is 0 Å². The molecule has 4 rings (SSSR count). The number of nitrogens with zero attached hydrogens (tertiary/aromatic N) is 2. The molecule has 1 aromatic heterocycles. The molecular formula is C24H26N4O3. The maximum absolute atomic E-state index is 10.1. The van der Waals surface area contributed by atoms with Crippen LogP contribution in [0.1, 0.15) is 48.2 Å². The summed E-state index contributed by atoms with van der Waals surface area (Å²) in [4.78, 5) is 0. The summed E-state index contributed by atoms with van der Waals surface area (Å²) in [6.07, 6.45) is 0.902. The zero-order chi connectivity index (χ0) is 22.3. The number of aromatic nitrogens is 2. The number of nitrogens with two attached hydrogens (primary N) is 1. The molecular weight excluding hydrogens is 392 g/mol. The molecule has 1 fully saturated rings. The van der Waals surface area contributed by atoms with Gasteiger partial charge in [0.2, 0.25) is 11.8 Å². The van der Waals surface area contributed by atoms with E-state index in [1.807, 2.05) is 39.0 Å². The predicted molar refractivity (Wildman–Crippen MR) is 114 cm³/mol. The Morgan fingerprint density at radius 2 is 2.13 bits per heavy atom. The quantitative estimate of drug-likeness (QED) is 0.564. The Kier molecular flexibility index (Phi) is 5.26. The Morgan fingerprint density at radius 3 is 2.74 bits per heavy atom. The van der Waals surface area contributed by atoms with Gasteiger partial charge in [-0.25, -0.2) is 0 Å². The van der Waals surface area contributed by atoms with E-state index in [4.69, 9.17) is 10.5 Å². The Morgan fingerprint density at radius 1 is 1.35 bits per heavy atom. The van der Waals surface area contributed by atoms with Gasteiger partial charge in [-0.3, -0.25) is 5.10 Å².